The summed E-state index contributed by atoms with van der Waals surface area (Å²) >= 11 is 0. The van der Waals surface area contributed by atoms with Crippen LogP contribution in [0.4, 0.5) is 10.2 Å². The van der Waals surface area contributed by atoms with Crippen LogP contribution < -0.4 is 5.32 Å². The molecule has 0 atom stereocenters. The fraction of sp³-hybridized carbons (Fsp3) is 0.125. The number of carboxylic acids is 1. The number of halogens is 1. The number of benzene rings is 1. The maximum absolute atomic E-state index is 13.7. The van der Waals surface area contributed by atoms with Crippen LogP contribution in [0.5, 0.6) is 0 Å². The molecule has 8 nitrogen and oxygen atoms in total. The number of aryl methyl sites for hydroxylation is 1. The number of aromatic nitrogens is 4. The molecule has 0 saturated heterocycles. The van der Waals surface area contributed by atoms with Gasteiger partial charge in [-0.05, 0) is 6.07 Å². The van der Waals surface area contributed by atoms with Crippen molar-refractivity contribution >= 4 is 17.7 Å². The van der Waals surface area contributed by atoms with Gasteiger partial charge in [-0.3, -0.25) is 14.2 Å². The Hall–Kier alpha value is -3.49. The van der Waals surface area contributed by atoms with Gasteiger partial charge in [0.05, 0.1) is 12.7 Å². The van der Waals surface area contributed by atoms with Crippen LogP contribution >= 0.6 is 0 Å². The summed E-state index contributed by atoms with van der Waals surface area (Å²) in [6.07, 6.45) is 2.69. The summed E-state index contributed by atoms with van der Waals surface area (Å²) in [4.78, 5) is 23.4. The lowest BCUT2D eigenvalue weighted by atomic mass is 10.2. The number of carbonyl (C=O) groups is 2. The van der Waals surface area contributed by atoms with E-state index in [1.807, 2.05) is 0 Å². The minimum Gasteiger partial charge on any atom is -0.478 e. The van der Waals surface area contributed by atoms with Crippen molar-refractivity contribution in [2.45, 2.75) is 6.54 Å². The molecule has 0 aliphatic rings. The van der Waals surface area contributed by atoms with Gasteiger partial charge in [0.25, 0.3) is 5.91 Å². The van der Waals surface area contributed by atoms with Crippen molar-refractivity contribution in [1.29, 1.82) is 0 Å². The molecule has 0 saturated carbocycles. The lowest BCUT2D eigenvalue weighted by Crippen LogP contribution is -2.19. The Kier molecular flexibility index (Phi) is 4.29. The SMILES string of the molecule is Cn1ncc(C(=O)O)c1C(=O)Nc1ccn(Cc2ccccc2F)n1. The Labute approximate surface area is 141 Å². The number of nitrogens with zero attached hydrogens (tertiary/aromatic N) is 4. The average molecular weight is 343 g/mol. The number of amides is 1. The molecule has 3 rings (SSSR count). The molecule has 1 aromatic carbocycles. The molecule has 3 aromatic rings. The molecule has 2 aromatic heterocycles. The quantitative estimate of drug-likeness (QED) is 0.735. The third-order valence-electron chi connectivity index (χ3n) is 3.56. The second-order valence-corrected chi connectivity index (χ2v) is 5.28. The molecule has 2 N–H and O–H groups in total. The van der Waals surface area contributed by atoms with E-state index in [0.717, 1.165) is 6.20 Å². The van der Waals surface area contributed by atoms with Crippen molar-refractivity contribution in [1.82, 2.24) is 19.6 Å². The third kappa shape index (κ3) is 3.39. The minimum atomic E-state index is -1.25. The number of anilines is 1. The van der Waals surface area contributed by atoms with E-state index in [1.54, 1.807) is 24.4 Å². The predicted octanol–water partition coefficient (Wildman–Crippen LogP) is 1.75. The highest BCUT2D eigenvalue weighted by atomic mass is 19.1. The summed E-state index contributed by atoms with van der Waals surface area (Å²) in [6.45, 7) is 0.203. The molecule has 0 aliphatic carbocycles. The standard InChI is InChI=1S/C16H14FN5O3/c1-21-14(11(8-18-21)16(24)25)15(23)19-13-6-7-22(20-13)9-10-4-2-3-5-12(10)17/h2-8H,9H2,1H3,(H,24,25)(H,19,20,23). The smallest absolute Gasteiger partial charge is 0.339 e. The van der Waals surface area contributed by atoms with Gasteiger partial charge >= 0.3 is 5.97 Å². The molecular weight excluding hydrogens is 329 g/mol. The van der Waals surface area contributed by atoms with Gasteiger partial charge in [-0.25, -0.2) is 9.18 Å². The first-order chi connectivity index (χ1) is 12.0. The first-order valence-electron chi connectivity index (χ1n) is 7.29. The number of nitrogens with one attached hydrogen (secondary N) is 1. The summed E-state index contributed by atoms with van der Waals surface area (Å²) in [6, 6.07) is 7.86. The van der Waals surface area contributed by atoms with Crippen LogP contribution in [0.25, 0.3) is 0 Å². The van der Waals surface area contributed by atoms with Gasteiger partial charge in [-0.2, -0.15) is 10.2 Å². The highest BCUT2D eigenvalue weighted by Crippen LogP contribution is 2.13. The Morgan fingerprint density at radius 1 is 1.28 bits per heavy atom. The number of rotatable bonds is 5. The number of hydrogen-bond acceptors (Lipinski definition) is 4. The molecule has 0 bridgehead atoms. The summed E-state index contributed by atoms with van der Waals surface area (Å²) < 4.78 is 16.3. The van der Waals surface area contributed by atoms with E-state index in [0.29, 0.717) is 5.56 Å². The van der Waals surface area contributed by atoms with Gasteiger partial charge in [-0.1, -0.05) is 18.2 Å². The van der Waals surface area contributed by atoms with Gasteiger partial charge in [0, 0.05) is 24.9 Å². The molecule has 0 spiro atoms. The number of aromatic carboxylic acids is 1. The van der Waals surface area contributed by atoms with Gasteiger partial charge in [-0.15, -0.1) is 0 Å². The lowest BCUT2D eigenvalue weighted by Gasteiger charge is -2.05. The van der Waals surface area contributed by atoms with E-state index in [9.17, 15) is 14.0 Å². The average Bonchev–Trinajstić information content (AvgIpc) is 3.16. The summed E-state index contributed by atoms with van der Waals surface area (Å²) in [5.41, 5.74) is 0.171. The summed E-state index contributed by atoms with van der Waals surface area (Å²) in [7, 11) is 1.47. The Morgan fingerprint density at radius 2 is 2.04 bits per heavy atom. The zero-order valence-corrected chi connectivity index (χ0v) is 13.2. The maximum Gasteiger partial charge on any atom is 0.339 e. The molecule has 2 heterocycles. The van der Waals surface area contributed by atoms with Crippen LogP contribution in [0.15, 0.2) is 42.7 Å². The van der Waals surface area contributed by atoms with Crippen LogP contribution in [0, 0.1) is 5.82 Å². The van der Waals surface area contributed by atoms with Crippen LogP contribution in [0.3, 0.4) is 0 Å². The van der Waals surface area contributed by atoms with Crippen LogP contribution in [-0.4, -0.2) is 36.5 Å². The van der Waals surface area contributed by atoms with E-state index < -0.39 is 11.9 Å². The number of carbonyl (C=O) groups excluding carboxylic acids is 1. The minimum absolute atomic E-state index is 0.0869. The molecule has 1 amide bonds. The fourth-order valence-corrected chi connectivity index (χ4v) is 2.36. The van der Waals surface area contributed by atoms with E-state index in [4.69, 9.17) is 5.11 Å². The molecule has 0 radical (unpaired) electrons. The van der Waals surface area contributed by atoms with E-state index >= 15 is 0 Å². The van der Waals surface area contributed by atoms with Crippen molar-refractivity contribution in [2.24, 2.45) is 7.05 Å². The van der Waals surface area contributed by atoms with Crippen LogP contribution in [0.1, 0.15) is 26.4 Å². The van der Waals surface area contributed by atoms with Crippen molar-refractivity contribution in [2.75, 3.05) is 5.32 Å². The molecular formula is C16H14FN5O3. The Morgan fingerprint density at radius 3 is 2.76 bits per heavy atom. The Balaban J connectivity index is 1.76. The number of hydrogen-bond donors (Lipinski definition) is 2. The second-order valence-electron chi connectivity index (χ2n) is 5.28. The van der Waals surface area contributed by atoms with Crippen molar-refractivity contribution in [3.63, 3.8) is 0 Å². The van der Waals surface area contributed by atoms with Gasteiger partial charge in [0.1, 0.15) is 17.1 Å². The van der Waals surface area contributed by atoms with Crippen molar-refractivity contribution < 1.29 is 19.1 Å². The predicted molar refractivity (Wildman–Crippen MR) is 85.8 cm³/mol. The van der Waals surface area contributed by atoms with Crippen molar-refractivity contribution in [3.8, 4) is 0 Å². The second kappa shape index (κ2) is 6.56. The topological polar surface area (TPSA) is 102 Å². The van der Waals surface area contributed by atoms with E-state index in [-0.39, 0.29) is 29.4 Å². The highest BCUT2D eigenvalue weighted by Gasteiger charge is 2.22. The van der Waals surface area contributed by atoms with Gasteiger partial charge < -0.3 is 10.4 Å². The van der Waals surface area contributed by atoms with E-state index in [1.165, 1.54) is 28.5 Å². The summed E-state index contributed by atoms with van der Waals surface area (Å²) in [5, 5.41) is 19.5. The van der Waals surface area contributed by atoms with E-state index in [2.05, 4.69) is 15.5 Å². The lowest BCUT2D eigenvalue weighted by molar-refractivity contribution is 0.0692. The normalized spacial score (nSPS) is 10.6. The van der Waals surface area contributed by atoms with Gasteiger partial charge in [0.15, 0.2) is 5.82 Å². The largest absolute Gasteiger partial charge is 0.478 e. The van der Waals surface area contributed by atoms with Crippen molar-refractivity contribution in [3.05, 3.63) is 65.4 Å². The maximum atomic E-state index is 13.7. The molecule has 0 unspecified atom stereocenters. The zero-order valence-electron chi connectivity index (χ0n) is 13.2. The molecule has 25 heavy (non-hydrogen) atoms. The molecule has 9 heteroatoms. The zero-order chi connectivity index (χ0) is 18.0. The van der Waals surface area contributed by atoms with Crippen LogP contribution in [-0.2, 0) is 13.6 Å². The molecule has 128 valence electrons. The van der Waals surface area contributed by atoms with Crippen LogP contribution in [0.2, 0.25) is 0 Å². The monoisotopic (exact) mass is 343 g/mol. The first kappa shape index (κ1) is 16.4. The highest BCUT2D eigenvalue weighted by molar-refractivity contribution is 6.09. The fourth-order valence-electron chi connectivity index (χ4n) is 2.36. The molecule has 0 aliphatic heterocycles. The number of carboxylic acid groups (broad SMARTS) is 1. The molecule has 0 fully saturated rings. The third-order valence-corrected chi connectivity index (χ3v) is 3.56. The summed E-state index contributed by atoms with van der Waals surface area (Å²) in [5.74, 6) is -2.01. The first-order valence-corrected chi connectivity index (χ1v) is 7.29. The van der Waals surface area contributed by atoms with Gasteiger partial charge in [0.2, 0.25) is 0 Å². The Bertz CT molecular complexity index is 947.